The van der Waals surface area contributed by atoms with Crippen molar-refractivity contribution in [3.05, 3.63) is 71.3 Å². The molecule has 4 nitrogen and oxygen atoms in total. The topological polar surface area (TPSA) is 46.6 Å². The monoisotopic (exact) mass is 403 g/mol. The molecule has 1 heterocycles. The predicted octanol–water partition coefficient (Wildman–Crippen LogP) is 4.63. The van der Waals surface area contributed by atoms with E-state index in [2.05, 4.69) is 0 Å². The second kappa shape index (κ2) is 8.11. The van der Waals surface area contributed by atoms with Gasteiger partial charge in [0.25, 0.3) is 5.91 Å². The Labute approximate surface area is 166 Å². The SMILES string of the molecule is C[C@@H]1Cc2ccccc2N1C(=O)[C@@H](C)OC(=O)/C=C/c1cccc(C(F)(F)F)c1. The minimum atomic E-state index is -4.46. The summed E-state index contributed by atoms with van der Waals surface area (Å²) in [6, 6.07) is 12.1. The molecule has 2 aromatic carbocycles. The number of halogens is 3. The summed E-state index contributed by atoms with van der Waals surface area (Å²) in [6.07, 6.45) is -2.53. The summed E-state index contributed by atoms with van der Waals surface area (Å²) in [6.45, 7) is 3.39. The molecule has 0 spiro atoms. The number of carbonyl (C=O) groups is 2. The van der Waals surface area contributed by atoms with Crippen LogP contribution in [0.15, 0.2) is 54.6 Å². The normalized spacial score (nSPS) is 17.3. The van der Waals surface area contributed by atoms with E-state index in [1.807, 2.05) is 31.2 Å². The van der Waals surface area contributed by atoms with Crippen LogP contribution in [0, 0.1) is 0 Å². The van der Waals surface area contributed by atoms with Crippen molar-refractivity contribution in [1.82, 2.24) is 0 Å². The van der Waals surface area contributed by atoms with Crippen LogP contribution in [0.5, 0.6) is 0 Å². The summed E-state index contributed by atoms with van der Waals surface area (Å²) in [5.74, 6) is -1.15. The molecule has 29 heavy (non-hydrogen) atoms. The molecule has 0 N–H and O–H groups in total. The molecule has 1 amide bonds. The second-order valence-corrected chi connectivity index (χ2v) is 6.93. The smallest absolute Gasteiger partial charge is 0.416 e. The third kappa shape index (κ3) is 4.67. The Balaban J connectivity index is 1.65. The molecule has 152 valence electrons. The minimum absolute atomic E-state index is 0.0540. The number of hydrogen-bond acceptors (Lipinski definition) is 3. The van der Waals surface area contributed by atoms with Crippen LogP contribution in [-0.4, -0.2) is 24.0 Å². The van der Waals surface area contributed by atoms with Crippen LogP contribution in [0.1, 0.15) is 30.5 Å². The first-order valence-electron chi connectivity index (χ1n) is 9.14. The highest BCUT2D eigenvalue weighted by atomic mass is 19.4. The van der Waals surface area contributed by atoms with E-state index in [4.69, 9.17) is 4.74 Å². The van der Waals surface area contributed by atoms with Crippen molar-refractivity contribution in [2.75, 3.05) is 4.90 Å². The van der Waals surface area contributed by atoms with Gasteiger partial charge in [-0.25, -0.2) is 4.79 Å². The van der Waals surface area contributed by atoms with E-state index in [1.165, 1.54) is 25.1 Å². The van der Waals surface area contributed by atoms with Gasteiger partial charge in [-0.15, -0.1) is 0 Å². The summed E-state index contributed by atoms with van der Waals surface area (Å²) in [4.78, 5) is 26.5. The number of ether oxygens (including phenoxy) is 1. The van der Waals surface area contributed by atoms with Crippen LogP contribution < -0.4 is 4.90 Å². The summed E-state index contributed by atoms with van der Waals surface area (Å²) in [7, 11) is 0. The Kier molecular flexibility index (Phi) is 5.77. The highest BCUT2D eigenvalue weighted by molar-refractivity contribution is 6.00. The maximum absolute atomic E-state index is 12.8. The Morgan fingerprint density at radius 1 is 1.17 bits per heavy atom. The van der Waals surface area contributed by atoms with Gasteiger partial charge < -0.3 is 9.64 Å². The van der Waals surface area contributed by atoms with Gasteiger partial charge in [0.1, 0.15) is 0 Å². The summed E-state index contributed by atoms with van der Waals surface area (Å²) in [5, 5.41) is 0. The van der Waals surface area contributed by atoms with Crippen LogP contribution in [0.25, 0.3) is 6.08 Å². The van der Waals surface area contributed by atoms with Crippen LogP contribution in [0.4, 0.5) is 18.9 Å². The molecule has 0 fully saturated rings. The Morgan fingerprint density at radius 3 is 2.62 bits per heavy atom. The molecule has 7 heteroatoms. The number of amides is 1. The first-order chi connectivity index (χ1) is 13.7. The number of alkyl halides is 3. The molecule has 0 saturated carbocycles. The first kappa shape index (κ1) is 20.6. The Hall–Kier alpha value is -3.09. The van der Waals surface area contributed by atoms with Gasteiger partial charge in [0.15, 0.2) is 6.10 Å². The van der Waals surface area contributed by atoms with Gasteiger partial charge >= 0.3 is 12.1 Å². The lowest BCUT2D eigenvalue weighted by Crippen LogP contribution is -2.43. The van der Waals surface area contributed by atoms with Gasteiger partial charge in [-0.1, -0.05) is 30.3 Å². The number of esters is 1. The Morgan fingerprint density at radius 2 is 1.90 bits per heavy atom. The van der Waals surface area contributed by atoms with Gasteiger partial charge in [-0.2, -0.15) is 13.2 Å². The van der Waals surface area contributed by atoms with E-state index in [1.54, 1.807) is 4.90 Å². The molecule has 0 bridgehead atoms. The zero-order chi connectivity index (χ0) is 21.2. The van der Waals surface area contributed by atoms with Crippen molar-refractivity contribution in [1.29, 1.82) is 0 Å². The van der Waals surface area contributed by atoms with Gasteiger partial charge in [0.05, 0.1) is 5.56 Å². The maximum atomic E-state index is 12.8. The van der Waals surface area contributed by atoms with Crippen molar-refractivity contribution >= 4 is 23.6 Å². The lowest BCUT2D eigenvalue weighted by molar-refractivity contribution is -0.149. The third-order valence-electron chi connectivity index (χ3n) is 4.71. The van der Waals surface area contributed by atoms with Gasteiger partial charge in [0.2, 0.25) is 0 Å². The molecule has 0 saturated heterocycles. The van der Waals surface area contributed by atoms with E-state index in [9.17, 15) is 22.8 Å². The Bertz CT molecular complexity index is 952. The quantitative estimate of drug-likeness (QED) is 0.553. The number of fused-ring (bicyclic) bond motifs is 1. The fourth-order valence-corrected chi connectivity index (χ4v) is 3.34. The molecule has 0 aliphatic carbocycles. The van der Waals surface area contributed by atoms with Crippen LogP contribution >= 0.6 is 0 Å². The molecule has 0 aromatic heterocycles. The average molecular weight is 403 g/mol. The predicted molar refractivity (Wildman–Crippen MR) is 103 cm³/mol. The highest BCUT2D eigenvalue weighted by Gasteiger charge is 2.34. The number of rotatable bonds is 4. The standard InChI is InChI=1S/C22H20F3NO3/c1-14-12-17-7-3-4-9-19(17)26(14)21(28)15(2)29-20(27)11-10-16-6-5-8-18(13-16)22(23,24)25/h3-11,13-15H,12H2,1-2H3/b11-10+/t14-,15-/m1/s1. The van der Waals surface area contributed by atoms with Crippen LogP contribution in [0.2, 0.25) is 0 Å². The molecule has 3 rings (SSSR count). The molecule has 0 radical (unpaired) electrons. The summed E-state index contributed by atoms with van der Waals surface area (Å²) >= 11 is 0. The van der Waals surface area contributed by atoms with Crippen molar-refractivity contribution in [2.24, 2.45) is 0 Å². The zero-order valence-corrected chi connectivity index (χ0v) is 15.9. The van der Waals surface area contributed by atoms with Gasteiger partial charge in [-0.05, 0) is 55.7 Å². The lowest BCUT2D eigenvalue weighted by Gasteiger charge is -2.25. The van der Waals surface area contributed by atoms with E-state index in [0.717, 1.165) is 35.9 Å². The van der Waals surface area contributed by atoms with E-state index < -0.39 is 23.8 Å². The zero-order valence-electron chi connectivity index (χ0n) is 15.9. The number of nitrogens with zero attached hydrogens (tertiary/aromatic N) is 1. The fourth-order valence-electron chi connectivity index (χ4n) is 3.34. The maximum Gasteiger partial charge on any atom is 0.416 e. The summed E-state index contributed by atoms with van der Waals surface area (Å²) < 4.78 is 43.4. The van der Waals surface area contributed by atoms with Crippen LogP contribution in [0.3, 0.4) is 0 Å². The third-order valence-corrected chi connectivity index (χ3v) is 4.71. The van der Waals surface area contributed by atoms with Crippen molar-refractivity contribution in [3.63, 3.8) is 0 Å². The molecule has 1 aliphatic rings. The molecular formula is C22H20F3NO3. The second-order valence-electron chi connectivity index (χ2n) is 6.93. The average Bonchev–Trinajstić information content (AvgIpc) is 3.01. The van der Waals surface area contributed by atoms with E-state index in [0.29, 0.717) is 0 Å². The van der Waals surface area contributed by atoms with Crippen molar-refractivity contribution in [2.45, 2.75) is 38.6 Å². The molecule has 2 aromatic rings. The number of carbonyl (C=O) groups excluding carboxylic acids is 2. The van der Waals surface area contributed by atoms with Crippen molar-refractivity contribution in [3.8, 4) is 0 Å². The summed E-state index contributed by atoms with van der Waals surface area (Å²) in [5.41, 5.74) is 1.25. The highest BCUT2D eigenvalue weighted by Crippen LogP contribution is 2.32. The van der Waals surface area contributed by atoms with E-state index in [-0.39, 0.29) is 17.5 Å². The molecule has 1 aliphatic heterocycles. The first-order valence-corrected chi connectivity index (χ1v) is 9.14. The largest absolute Gasteiger partial charge is 0.449 e. The number of anilines is 1. The van der Waals surface area contributed by atoms with Crippen LogP contribution in [-0.2, 0) is 26.9 Å². The van der Waals surface area contributed by atoms with E-state index >= 15 is 0 Å². The van der Waals surface area contributed by atoms with Gasteiger partial charge in [0, 0.05) is 17.8 Å². The number of para-hydroxylation sites is 1. The minimum Gasteiger partial charge on any atom is -0.449 e. The van der Waals surface area contributed by atoms with Gasteiger partial charge in [-0.3, -0.25) is 4.79 Å². The number of hydrogen-bond donors (Lipinski definition) is 0. The molecule has 0 unspecified atom stereocenters. The fraction of sp³-hybridized carbons (Fsp3) is 0.273. The lowest BCUT2D eigenvalue weighted by atomic mass is 10.1. The number of benzene rings is 2. The molecule has 2 atom stereocenters. The molecular weight excluding hydrogens is 383 g/mol. The van der Waals surface area contributed by atoms with Crippen molar-refractivity contribution < 1.29 is 27.5 Å².